The number of phenols is 1. The van der Waals surface area contributed by atoms with Crippen molar-refractivity contribution in [2.24, 2.45) is 0 Å². The number of piperidine rings is 1. The molecule has 0 unspecified atom stereocenters. The summed E-state index contributed by atoms with van der Waals surface area (Å²) in [7, 11) is -1.15. The molecule has 1 atom stereocenters. The molecule has 2 aromatic rings. The summed E-state index contributed by atoms with van der Waals surface area (Å²) in [5.74, 6) is 1.80. The number of phenolic OH excluding ortho intramolecular Hbond substituents is 1. The quantitative estimate of drug-likeness (QED) is 0.300. The number of ether oxygens (including phenoxy) is 3. The van der Waals surface area contributed by atoms with Crippen LogP contribution in [0.25, 0.3) is 5.57 Å². The summed E-state index contributed by atoms with van der Waals surface area (Å²) in [5.41, 5.74) is 4.37. The Morgan fingerprint density at radius 3 is 2.46 bits per heavy atom. The zero-order chi connectivity index (χ0) is 24.8. The maximum Gasteiger partial charge on any atom is 0.148 e. The monoisotopic (exact) mass is 495 g/mol. The van der Waals surface area contributed by atoms with E-state index in [4.69, 9.17) is 14.2 Å². The number of allylic oxidation sites excluding steroid dienone is 1. The first-order valence-corrected chi connectivity index (χ1v) is 16.7. The summed E-state index contributed by atoms with van der Waals surface area (Å²) in [4.78, 5) is 2.49. The van der Waals surface area contributed by atoms with Gasteiger partial charge in [-0.15, -0.1) is 0 Å². The molecule has 190 valence electrons. The molecule has 4 rings (SSSR count). The normalized spacial score (nSPS) is 18.8. The van der Waals surface area contributed by atoms with E-state index in [0.717, 1.165) is 47.2 Å². The number of likely N-dealkylation sites (tertiary alicyclic amines) is 1. The third-order valence-electron chi connectivity index (χ3n) is 6.97. The van der Waals surface area contributed by atoms with Crippen LogP contribution in [0.3, 0.4) is 0 Å². The van der Waals surface area contributed by atoms with Crippen molar-refractivity contribution in [1.29, 1.82) is 0 Å². The third kappa shape index (κ3) is 7.12. The van der Waals surface area contributed by atoms with Crippen molar-refractivity contribution in [2.45, 2.75) is 58.0 Å². The van der Waals surface area contributed by atoms with Gasteiger partial charge < -0.3 is 19.3 Å². The van der Waals surface area contributed by atoms with E-state index in [0.29, 0.717) is 19.0 Å². The van der Waals surface area contributed by atoms with Gasteiger partial charge in [-0.1, -0.05) is 38.2 Å². The predicted octanol–water partition coefficient (Wildman–Crippen LogP) is 6.52. The van der Waals surface area contributed by atoms with E-state index in [2.05, 4.69) is 43.6 Å². The van der Waals surface area contributed by atoms with Gasteiger partial charge in [-0.2, -0.15) is 0 Å². The number of rotatable bonds is 10. The zero-order valence-corrected chi connectivity index (χ0v) is 22.8. The average Bonchev–Trinajstić information content (AvgIpc) is 2.83. The van der Waals surface area contributed by atoms with Crippen molar-refractivity contribution in [3.8, 4) is 17.2 Å². The predicted molar refractivity (Wildman–Crippen MR) is 145 cm³/mol. The molecule has 1 N–H and O–H groups in total. The Morgan fingerprint density at radius 1 is 1.00 bits per heavy atom. The summed E-state index contributed by atoms with van der Waals surface area (Å²) in [6.07, 6.45) is 3.70. The molecule has 2 aromatic carbocycles. The molecule has 2 aliphatic heterocycles. The second-order valence-corrected chi connectivity index (χ2v) is 16.6. The first kappa shape index (κ1) is 25.8. The Hall–Kier alpha value is -2.28. The van der Waals surface area contributed by atoms with Crippen LogP contribution in [-0.4, -0.2) is 57.5 Å². The van der Waals surface area contributed by atoms with Crippen LogP contribution < -0.4 is 9.47 Å². The second kappa shape index (κ2) is 11.6. The average molecular weight is 496 g/mol. The van der Waals surface area contributed by atoms with Crippen molar-refractivity contribution in [3.05, 3.63) is 59.2 Å². The summed E-state index contributed by atoms with van der Waals surface area (Å²) < 4.78 is 18.6. The molecule has 1 saturated heterocycles. The highest BCUT2D eigenvalue weighted by Gasteiger charge is 2.29. The lowest BCUT2D eigenvalue weighted by molar-refractivity contribution is 0.142. The fraction of sp³-hybridized carbons (Fsp3) is 0.517. The zero-order valence-electron chi connectivity index (χ0n) is 21.8. The van der Waals surface area contributed by atoms with E-state index < -0.39 is 8.07 Å². The Labute approximate surface area is 211 Å². The molecule has 0 aromatic heterocycles. The highest BCUT2D eigenvalue weighted by atomic mass is 28.3. The Balaban J connectivity index is 1.45. The van der Waals surface area contributed by atoms with Gasteiger partial charge in [0.05, 0.1) is 6.61 Å². The molecular weight excluding hydrogens is 454 g/mol. The van der Waals surface area contributed by atoms with Gasteiger partial charge in [0.15, 0.2) is 0 Å². The minimum absolute atomic E-state index is 0.211. The van der Waals surface area contributed by atoms with Crippen molar-refractivity contribution in [1.82, 2.24) is 4.90 Å². The molecule has 5 nitrogen and oxygen atoms in total. The largest absolute Gasteiger partial charge is 0.508 e. The van der Waals surface area contributed by atoms with E-state index in [-0.39, 0.29) is 11.9 Å². The summed E-state index contributed by atoms with van der Waals surface area (Å²) in [6, 6.07) is 14.7. The molecule has 1 fully saturated rings. The SMILES string of the molecule is CC1=C(COCC[Si](C)(C)C)[C@@H](c2ccc(OCCN3CCCCC3)cc2)Oc2cc(O)ccc21. The molecule has 2 aliphatic rings. The summed E-state index contributed by atoms with van der Waals surface area (Å²) in [6.45, 7) is 14.6. The van der Waals surface area contributed by atoms with E-state index in [1.54, 1.807) is 12.1 Å². The van der Waals surface area contributed by atoms with Crippen molar-refractivity contribution >= 4 is 13.6 Å². The molecule has 0 aliphatic carbocycles. The number of hydrogen-bond donors (Lipinski definition) is 1. The minimum atomic E-state index is -1.15. The second-order valence-electron chi connectivity index (χ2n) is 11.0. The standard InChI is InChI=1S/C29H41NO4Si/c1-22-26-13-10-24(31)20-28(26)34-29(27(22)21-32-18-19-35(2,3)4)23-8-11-25(12-9-23)33-17-16-30-14-6-5-7-15-30/h8-13,20,29,31H,5-7,14-19,21H2,1-4H3/t29-/m1/s1. The number of hydrogen-bond acceptors (Lipinski definition) is 5. The molecule has 0 bridgehead atoms. The fourth-order valence-electron chi connectivity index (χ4n) is 4.71. The highest BCUT2D eigenvalue weighted by Crippen LogP contribution is 2.43. The minimum Gasteiger partial charge on any atom is -0.508 e. The Morgan fingerprint density at radius 2 is 1.74 bits per heavy atom. The van der Waals surface area contributed by atoms with Gasteiger partial charge in [-0.25, -0.2) is 0 Å². The number of aromatic hydroxyl groups is 1. The van der Waals surface area contributed by atoms with Gasteiger partial charge in [-0.3, -0.25) is 4.90 Å². The molecule has 2 heterocycles. The van der Waals surface area contributed by atoms with Gasteiger partial charge in [-0.05, 0) is 74.3 Å². The molecular formula is C29H41NO4Si. The summed E-state index contributed by atoms with van der Waals surface area (Å²) >= 11 is 0. The third-order valence-corrected chi connectivity index (χ3v) is 8.68. The van der Waals surface area contributed by atoms with Crippen LogP contribution in [0, 0.1) is 0 Å². The molecule has 0 spiro atoms. The van der Waals surface area contributed by atoms with E-state index in [1.807, 2.05) is 18.2 Å². The van der Waals surface area contributed by atoms with Crippen LogP contribution in [0.1, 0.15) is 43.4 Å². The molecule has 0 radical (unpaired) electrons. The van der Waals surface area contributed by atoms with E-state index in [1.165, 1.54) is 32.4 Å². The summed E-state index contributed by atoms with van der Waals surface area (Å²) in [5, 5.41) is 10.0. The molecule has 0 amide bonds. The van der Waals surface area contributed by atoms with Gasteiger partial charge >= 0.3 is 0 Å². The molecule has 0 saturated carbocycles. The van der Waals surface area contributed by atoms with Gasteiger partial charge in [0.1, 0.15) is 30.0 Å². The van der Waals surface area contributed by atoms with Gasteiger partial charge in [0.25, 0.3) is 0 Å². The fourth-order valence-corrected chi connectivity index (χ4v) is 5.47. The van der Waals surface area contributed by atoms with Crippen LogP contribution in [0.5, 0.6) is 17.2 Å². The lowest BCUT2D eigenvalue weighted by atomic mass is 9.90. The van der Waals surface area contributed by atoms with Gasteiger partial charge in [0.2, 0.25) is 0 Å². The van der Waals surface area contributed by atoms with Gasteiger partial charge in [0, 0.05) is 38.4 Å². The first-order valence-electron chi connectivity index (χ1n) is 13.0. The topological polar surface area (TPSA) is 51.2 Å². The first-order chi connectivity index (χ1) is 16.8. The van der Waals surface area contributed by atoms with Crippen LogP contribution in [0.2, 0.25) is 25.7 Å². The number of nitrogens with zero attached hydrogens (tertiary/aromatic N) is 1. The lowest BCUT2D eigenvalue weighted by Crippen LogP contribution is -2.33. The van der Waals surface area contributed by atoms with Crippen molar-refractivity contribution < 1.29 is 19.3 Å². The molecule has 35 heavy (non-hydrogen) atoms. The maximum absolute atomic E-state index is 10.0. The van der Waals surface area contributed by atoms with Crippen LogP contribution in [-0.2, 0) is 4.74 Å². The van der Waals surface area contributed by atoms with E-state index >= 15 is 0 Å². The molecule has 6 heteroatoms. The maximum atomic E-state index is 10.0. The van der Waals surface area contributed by atoms with Crippen LogP contribution in [0.4, 0.5) is 0 Å². The van der Waals surface area contributed by atoms with Crippen LogP contribution >= 0.6 is 0 Å². The number of benzene rings is 2. The number of fused-ring (bicyclic) bond motifs is 1. The van der Waals surface area contributed by atoms with Crippen molar-refractivity contribution in [3.63, 3.8) is 0 Å². The van der Waals surface area contributed by atoms with E-state index in [9.17, 15) is 5.11 Å². The Bertz CT molecular complexity index is 1010. The lowest BCUT2D eigenvalue weighted by Gasteiger charge is -2.31. The van der Waals surface area contributed by atoms with Crippen LogP contribution in [0.15, 0.2) is 48.0 Å². The van der Waals surface area contributed by atoms with Crippen molar-refractivity contribution in [2.75, 3.05) is 39.5 Å². The smallest absolute Gasteiger partial charge is 0.148 e. The highest BCUT2D eigenvalue weighted by molar-refractivity contribution is 6.76. The Kier molecular flexibility index (Phi) is 8.58.